The number of aliphatic imine (C=N–C) groups is 1. The van der Waals surface area contributed by atoms with Crippen LogP contribution < -0.4 is 22.1 Å². The first-order valence-electron chi connectivity index (χ1n) is 16.5. The third kappa shape index (κ3) is 7.20. The Bertz CT molecular complexity index is 1780. The maximum absolute atomic E-state index is 15.3. The fourth-order valence-electron chi connectivity index (χ4n) is 6.76. The second kappa shape index (κ2) is 13.9. The minimum atomic E-state index is -0.491. The number of H-pyrrole nitrogens is 1. The maximum Gasteiger partial charge on any atom is 0.354 e. The summed E-state index contributed by atoms with van der Waals surface area (Å²) in [5.41, 5.74) is 10.1. The van der Waals surface area contributed by atoms with Gasteiger partial charge in [-0.15, -0.1) is 0 Å². The standard InChI is InChI=1S/C35H41ClFN7OS/c36-28-18-21(3-1-5-29(38)22-7-8-22)17-27(32(28)37)31-19-24-20-44(35(45)43-33(24)42-31)26-11-9-23(10-12-26)30-6-2-4-25(41-30)13-16-46-34-39-14-15-40-34/h9-12,17-20,22,25,29-30,41H,1-8,13-16,38H2,(H,39,40)(H,42,43,45)/t25-,29?,30-/m0/s1. The zero-order valence-corrected chi connectivity index (χ0v) is 27.5. The molecule has 1 aliphatic carbocycles. The first-order chi connectivity index (χ1) is 22.4. The molecule has 2 aromatic carbocycles. The Hall–Kier alpha value is -3.18. The zero-order valence-electron chi connectivity index (χ0n) is 25.9. The van der Waals surface area contributed by atoms with Crippen molar-refractivity contribution in [2.75, 3.05) is 18.8 Å². The van der Waals surface area contributed by atoms with Crippen molar-refractivity contribution in [3.05, 3.63) is 81.1 Å². The minimum Gasteiger partial charge on any atom is -0.363 e. The zero-order chi connectivity index (χ0) is 31.6. The molecular formula is C35H41ClFN7OS. The maximum atomic E-state index is 15.3. The van der Waals surface area contributed by atoms with Gasteiger partial charge in [0.05, 0.1) is 22.9 Å². The van der Waals surface area contributed by atoms with Crippen molar-refractivity contribution in [3.8, 4) is 16.9 Å². The van der Waals surface area contributed by atoms with Crippen molar-refractivity contribution < 1.29 is 4.39 Å². The topological polar surface area (TPSA) is 113 Å². The van der Waals surface area contributed by atoms with Crippen LogP contribution in [0, 0.1) is 11.7 Å². The highest BCUT2D eigenvalue weighted by Crippen LogP contribution is 2.35. The van der Waals surface area contributed by atoms with Crippen LogP contribution in [0.3, 0.4) is 0 Å². The van der Waals surface area contributed by atoms with Gasteiger partial charge in [-0.2, -0.15) is 4.98 Å². The van der Waals surface area contributed by atoms with Crippen molar-refractivity contribution in [1.82, 2.24) is 25.2 Å². The van der Waals surface area contributed by atoms with Crippen LogP contribution in [-0.2, 0) is 6.42 Å². The van der Waals surface area contributed by atoms with Crippen LogP contribution in [0.1, 0.15) is 68.5 Å². The summed E-state index contributed by atoms with van der Waals surface area (Å²) in [6.07, 6.45) is 11.4. The van der Waals surface area contributed by atoms with Gasteiger partial charge in [0.2, 0.25) is 0 Å². The first kappa shape index (κ1) is 31.4. The molecule has 8 nitrogen and oxygen atoms in total. The summed E-state index contributed by atoms with van der Waals surface area (Å²) < 4.78 is 16.8. The lowest BCUT2D eigenvalue weighted by atomic mass is 9.92. The Morgan fingerprint density at radius 1 is 1.13 bits per heavy atom. The van der Waals surface area contributed by atoms with Crippen LogP contribution in [0.15, 0.2) is 58.4 Å². The van der Waals surface area contributed by atoms with E-state index in [1.165, 1.54) is 31.2 Å². The monoisotopic (exact) mass is 661 g/mol. The summed E-state index contributed by atoms with van der Waals surface area (Å²) >= 11 is 8.14. The molecule has 5 N–H and O–H groups in total. The number of hydrogen-bond acceptors (Lipinski definition) is 7. The number of nitrogens with zero attached hydrogens (tertiary/aromatic N) is 3. The largest absolute Gasteiger partial charge is 0.363 e. The summed E-state index contributed by atoms with van der Waals surface area (Å²) in [6.45, 7) is 1.83. The highest BCUT2D eigenvalue weighted by atomic mass is 35.5. The molecule has 4 aromatic rings. The molecule has 1 saturated carbocycles. The molecule has 46 heavy (non-hydrogen) atoms. The van der Waals surface area contributed by atoms with E-state index < -0.39 is 11.5 Å². The summed E-state index contributed by atoms with van der Waals surface area (Å²) in [5.74, 6) is 1.22. The third-order valence-corrected chi connectivity index (χ3v) is 10.8. The van der Waals surface area contributed by atoms with Crippen molar-refractivity contribution in [2.45, 2.75) is 75.9 Å². The lowest BCUT2D eigenvalue weighted by molar-refractivity contribution is 0.320. The molecule has 2 aliphatic heterocycles. The number of aromatic amines is 1. The van der Waals surface area contributed by atoms with Gasteiger partial charge >= 0.3 is 5.69 Å². The van der Waals surface area contributed by atoms with Gasteiger partial charge in [0.1, 0.15) is 5.65 Å². The van der Waals surface area contributed by atoms with E-state index >= 15 is 4.39 Å². The fraction of sp³-hybridized carbons (Fsp3) is 0.457. The molecule has 11 heteroatoms. The number of nitrogens with two attached hydrogens (primary N) is 1. The quantitative estimate of drug-likeness (QED) is 0.146. The molecule has 0 amide bonds. The number of aryl methyl sites for hydroxylation is 1. The van der Waals surface area contributed by atoms with E-state index in [1.807, 2.05) is 36.0 Å². The predicted molar refractivity (Wildman–Crippen MR) is 187 cm³/mol. The molecule has 4 heterocycles. The number of halogens is 2. The van der Waals surface area contributed by atoms with Crippen LogP contribution in [-0.4, -0.2) is 50.6 Å². The number of aromatic nitrogens is 3. The van der Waals surface area contributed by atoms with Gasteiger partial charge in [-0.05, 0) is 98.7 Å². The van der Waals surface area contributed by atoms with Crippen LogP contribution in [0.4, 0.5) is 4.39 Å². The van der Waals surface area contributed by atoms with Crippen LogP contribution in [0.5, 0.6) is 0 Å². The lowest BCUT2D eigenvalue weighted by Crippen LogP contribution is -2.37. The van der Waals surface area contributed by atoms with E-state index in [1.54, 1.807) is 16.8 Å². The van der Waals surface area contributed by atoms with Crippen molar-refractivity contribution in [2.24, 2.45) is 16.6 Å². The molecule has 7 rings (SSSR count). The summed E-state index contributed by atoms with van der Waals surface area (Å²) in [7, 11) is 0. The molecule has 2 aromatic heterocycles. The molecule has 1 saturated heterocycles. The minimum absolute atomic E-state index is 0.0827. The highest BCUT2D eigenvalue weighted by Gasteiger charge is 2.28. The van der Waals surface area contributed by atoms with E-state index in [0.29, 0.717) is 34.3 Å². The summed E-state index contributed by atoms with van der Waals surface area (Å²) in [4.78, 5) is 25.0. The van der Waals surface area contributed by atoms with E-state index in [9.17, 15) is 4.79 Å². The average molecular weight is 662 g/mol. The smallest absolute Gasteiger partial charge is 0.354 e. The van der Waals surface area contributed by atoms with Gasteiger partial charge in [0.25, 0.3) is 0 Å². The number of piperidine rings is 1. The molecule has 0 radical (unpaired) electrons. The Morgan fingerprint density at radius 3 is 2.76 bits per heavy atom. The Kier molecular flexibility index (Phi) is 9.49. The Balaban J connectivity index is 1.04. The normalized spacial score (nSPS) is 20.5. The van der Waals surface area contributed by atoms with Crippen molar-refractivity contribution in [3.63, 3.8) is 0 Å². The number of thioether (sulfide) groups is 1. The molecule has 3 aliphatic rings. The molecule has 3 atom stereocenters. The number of rotatable bonds is 11. The van der Waals surface area contributed by atoms with E-state index in [-0.39, 0.29) is 17.1 Å². The summed E-state index contributed by atoms with van der Waals surface area (Å²) in [6, 6.07) is 14.5. The van der Waals surface area contributed by atoms with Gasteiger partial charge in [-0.3, -0.25) is 9.56 Å². The number of fused-ring (bicyclic) bond motifs is 1. The molecule has 0 bridgehead atoms. The summed E-state index contributed by atoms with van der Waals surface area (Å²) in [5, 5.41) is 9.03. The van der Waals surface area contributed by atoms with Crippen LogP contribution in [0.25, 0.3) is 28.0 Å². The van der Waals surface area contributed by atoms with Crippen LogP contribution >= 0.6 is 23.4 Å². The molecular weight excluding hydrogens is 621 g/mol. The number of amidine groups is 1. The van der Waals surface area contributed by atoms with Crippen molar-refractivity contribution >= 4 is 39.6 Å². The third-order valence-electron chi connectivity index (χ3n) is 9.52. The Labute approximate surface area is 277 Å². The highest BCUT2D eigenvalue weighted by molar-refractivity contribution is 8.13. The van der Waals surface area contributed by atoms with E-state index in [2.05, 4.69) is 37.7 Å². The van der Waals surface area contributed by atoms with Crippen molar-refractivity contribution in [1.29, 1.82) is 0 Å². The lowest BCUT2D eigenvalue weighted by Gasteiger charge is -2.31. The first-order valence-corrected chi connectivity index (χ1v) is 17.9. The molecule has 0 spiro atoms. The van der Waals surface area contributed by atoms with Gasteiger partial charge in [0, 0.05) is 47.6 Å². The second-order valence-corrected chi connectivity index (χ2v) is 14.4. The van der Waals surface area contributed by atoms with Gasteiger partial charge in [-0.25, -0.2) is 9.18 Å². The fourth-order valence-corrected chi connectivity index (χ4v) is 7.98. The van der Waals surface area contributed by atoms with Gasteiger partial charge < -0.3 is 21.4 Å². The van der Waals surface area contributed by atoms with Gasteiger partial charge in [-0.1, -0.05) is 41.9 Å². The van der Waals surface area contributed by atoms with Gasteiger partial charge in [0.15, 0.2) is 11.0 Å². The second-order valence-electron chi connectivity index (χ2n) is 12.9. The Morgan fingerprint density at radius 2 is 1.98 bits per heavy atom. The molecule has 2 fully saturated rings. The molecule has 1 unspecified atom stereocenters. The number of nitrogens with one attached hydrogen (secondary N) is 3. The van der Waals surface area contributed by atoms with E-state index in [4.69, 9.17) is 17.3 Å². The number of benzene rings is 2. The number of hydrogen-bond donors (Lipinski definition) is 4. The predicted octanol–water partition coefficient (Wildman–Crippen LogP) is 6.50. The van der Waals surface area contributed by atoms with E-state index in [0.717, 1.165) is 67.4 Å². The SMILES string of the molecule is NC(CCCc1cc(Cl)c(F)c(-c2cc3cn(-c4ccc([C@@H]5CCC[C@@H](CCSC6=NCCN6)N5)cc4)c(=O)nc3[nH]2)c1)C1CC1. The van der Waals surface area contributed by atoms with Crippen LogP contribution in [0.2, 0.25) is 5.02 Å². The average Bonchev–Trinajstić information content (AvgIpc) is 3.64. The molecule has 242 valence electrons.